The van der Waals surface area contributed by atoms with Crippen LogP contribution in [0.2, 0.25) is 0 Å². The summed E-state index contributed by atoms with van der Waals surface area (Å²) in [6.45, 7) is 0.656. The van der Waals surface area contributed by atoms with Crippen molar-refractivity contribution in [2.45, 2.75) is 6.54 Å². The number of hydrogen-bond acceptors (Lipinski definition) is 1. The predicted octanol–water partition coefficient (Wildman–Crippen LogP) is 1.76. The first-order valence-corrected chi connectivity index (χ1v) is 6.01. The summed E-state index contributed by atoms with van der Waals surface area (Å²) in [5.41, 5.74) is 4.11. The molecule has 1 amide bonds. The summed E-state index contributed by atoms with van der Waals surface area (Å²) in [7, 11) is 3.83. The van der Waals surface area contributed by atoms with Gasteiger partial charge in [0.1, 0.15) is 12.6 Å². The van der Waals surface area contributed by atoms with Gasteiger partial charge in [-0.15, -0.1) is 0 Å². The number of amides is 1. The van der Waals surface area contributed by atoms with E-state index in [1.807, 2.05) is 49.1 Å². The fourth-order valence-electron chi connectivity index (χ4n) is 2.54. The van der Waals surface area contributed by atoms with Crippen LogP contribution in [0.4, 0.5) is 0 Å². The van der Waals surface area contributed by atoms with Crippen LogP contribution in [0.25, 0.3) is 11.3 Å². The minimum atomic E-state index is 0.0809. The van der Waals surface area contributed by atoms with Crippen LogP contribution in [0, 0.1) is 0 Å². The SMILES string of the molecule is CN1Cc2ccccc2-c2c(ccc[n+]2C)C1=O. The standard InChI is InChI=1S/C15H15N2O/c1-16-9-5-8-13-14(16)12-7-4-3-6-11(12)10-17(2)15(13)18/h3-9H,10H2,1-2H3/q+1. The summed E-state index contributed by atoms with van der Waals surface area (Å²) >= 11 is 0. The molecule has 0 saturated heterocycles. The Hall–Kier alpha value is -2.16. The van der Waals surface area contributed by atoms with Crippen molar-refractivity contribution in [2.75, 3.05) is 7.05 Å². The van der Waals surface area contributed by atoms with E-state index in [1.165, 1.54) is 5.56 Å². The van der Waals surface area contributed by atoms with Crippen LogP contribution in [0.1, 0.15) is 15.9 Å². The van der Waals surface area contributed by atoms with Gasteiger partial charge in [0, 0.05) is 19.7 Å². The normalized spacial score (nSPS) is 13.9. The van der Waals surface area contributed by atoms with E-state index in [-0.39, 0.29) is 5.91 Å². The van der Waals surface area contributed by atoms with Gasteiger partial charge in [-0.25, -0.2) is 4.57 Å². The van der Waals surface area contributed by atoms with Crippen LogP contribution < -0.4 is 4.57 Å². The molecule has 0 bridgehead atoms. The molecule has 0 radical (unpaired) electrons. The molecule has 1 aliphatic heterocycles. The number of aromatic nitrogens is 1. The molecule has 0 saturated carbocycles. The lowest BCUT2D eigenvalue weighted by atomic mass is 10.0. The van der Waals surface area contributed by atoms with Crippen molar-refractivity contribution in [2.24, 2.45) is 7.05 Å². The van der Waals surface area contributed by atoms with Crippen molar-refractivity contribution in [1.82, 2.24) is 4.90 Å². The lowest BCUT2D eigenvalue weighted by molar-refractivity contribution is -0.660. The molecule has 3 heteroatoms. The van der Waals surface area contributed by atoms with Crippen molar-refractivity contribution >= 4 is 5.91 Å². The molecule has 1 aromatic heterocycles. The monoisotopic (exact) mass is 239 g/mol. The number of aryl methyl sites for hydroxylation is 1. The average Bonchev–Trinajstić information content (AvgIpc) is 2.48. The number of pyridine rings is 1. The predicted molar refractivity (Wildman–Crippen MR) is 68.9 cm³/mol. The maximum atomic E-state index is 12.4. The van der Waals surface area contributed by atoms with E-state index in [0.29, 0.717) is 6.54 Å². The van der Waals surface area contributed by atoms with Gasteiger partial charge in [0.15, 0.2) is 6.20 Å². The molecular weight excluding hydrogens is 224 g/mol. The molecule has 0 unspecified atom stereocenters. The molecule has 2 aromatic rings. The topological polar surface area (TPSA) is 24.2 Å². The molecule has 0 spiro atoms. The van der Waals surface area contributed by atoms with E-state index in [1.54, 1.807) is 4.90 Å². The summed E-state index contributed by atoms with van der Waals surface area (Å²) in [4.78, 5) is 14.1. The molecule has 18 heavy (non-hydrogen) atoms. The third kappa shape index (κ3) is 1.51. The largest absolute Gasteiger partial charge is 0.337 e. The molecular formula is C15H15N2O+. The molecule has 0 aliphatic carbocycles. The van der Waals surface area contributed by atoms with Gasteiger partial charge in [0.05, 0.1) is 5.56 Å². The molecule has 1 aromatic carbocycles. The van der Waals surface area contributed by atoms with E-state index in [4.69, 9.17) is 0 Å². The van der Waals surface area contributed by atoms with E-state index in [0.717, 1.165) is 16.8 Å². The Bertz CT molecular complexity index is 634. The van der Waals surface area contributed by atoms with Crippen LogP contribution in [-0.4, -0.2) is 17.9 Å². The molecule has 0 fully saturated rings. The number of benzene rings is 1. The quantitative estimate of drug-likeness (QED) is 0.643. The zero-order valence-electron chi connectivity index (χ0n) is 10.6. The maximum absolute atomic E-state index is 12.4. The van der Waals surface area contributed by atoms with E-state index < -0.39 is 0 Å². The zero-order valence-corrected chi connectivity index (χ0v) is 10.6. The van der Waals surface area contributed by atoms with Gasteiger partial charge in [-0.3, -0.25) is 4.79 Å². The van der Waals surface area contributed by atoms with Crippen molar-refractivity contribution in [3.05, 3.63) is 53.7 Å². The Morgan fingerprint density at radius 2 is 1.83 bits per heavy atom. The van der Waals surface area contributed by atoms with E-state index in [9.17, 15) is 4.79 Å². The van der Waals surface area contributed by atoms with Gasteiger partial charge in [-0.2, -0.15) is 0 Å². The van der Waals surface area contributed by atoms with E-state index in [2.05, 4.69) is 12.1 Å². The Morgan fingerprint density at radius 1 is 1.11 bits per heavy atom. The summed E-state index contributed by atoms with van der Waals surface area (Å²) in [6, 6.07) is 12.0. The highest BCUT2D eigenvalue weighted by atomic mass is 16.2. The highest BCUT2D eigenvalue weighted by Gasteiger charge is 2.29. The lowest BCUT2D eigenvalue weighted by Crippen LogP contribution is -2.33. The second-order valence-corrected chi connectivity index (χ2v) is 4.70. The number of carbonyl (C=O) groups is 1. The van der Waals surface area contributed by atoms with Crippen LogP contribution >= 0.6 is 0 Å². The van der Waals surface area contributed by atoms with Gasteiger partial charge >= 0.3 is 0 Å². The fraction of sp³-hybridized carbons (Fsp3) is 0.200. The summed E-state index contributed by atoms with van der Waals surface area (Å²) in [6.07, 6.45) is 1.98. The summed E-state index contributed by atoms with van der Waals surface area (Å²) < 4.78 is 2.02. The minimum absolute atomic E-state index is 0.0809. The van der Waals surface area contributed by atoms with Crippen molar-refractivity contribution < 1.29 is 9.36 Å². The minimum Gasteiger partial charge on any atom is -0.337 e. The van der Waals surface area contributed by atoms with Crippen molar-refractivity contribution in [3.8, 4) is 11.3 Å². The second-order valence-electron chi connectivity index (χ2n) is 4.70. The maximum Gasteiger partial charge on any atom is 0.260 e. The van der Waals surface area contributed by atoms with Gasteiger partial charge in [-0.05, 0) is 17.7 Å². The first kappa shape index (κ1) is 11.0. The molecule has 0 atom stereocenters. The number of carbonyl (C=O) groups excluding carboxylic acids is 1. The zero-order chi connectivity index (χ0) is 12.7. The van der Waals surface area contributed by atoms with Crippen molar-refractivity contribution in [1.29, 1.82) is 0 Å². The van der Waals surface area contributed by atoms with Crippen LogP contribution in [0.3, 0.4) is 0 Å². The Kier molecular flexibility index (Phi) is 2.40. The molecule has 3 nitrogen and oxygen atoms in total. The molecule has 2 heterocycles. The number of fused-ring (bicyclic) bond motifs is 3. The highest BCUT2D eigenvalue weighted by molar-refractivity contribution is 6.00. The van der Waals surface area contributed by atoms with E-state index >= 15 is 0 Å². The summed E-state index contributed by atoms with van der Waals surface area (Å²) in [5.74, 6) is 0.0809. The Labute approximate surface area is 106 Å². The average molecular weight is 239 g/mol. The fourth-order valence-corrected chi connectivity index (χ4v) is 2.54. The molecule has 0 N–H and O–H groups in total. The highest BCUT2D eigenvalue weighted by Crippen LogP contribution is 2.28. The third-order valence-electron chi connectivity index (χ3n) is 3.44. The third-order valence-corrected chi connectivity index (χ3v) is 3.44. The smallest absolute Gasteiger partial charge is 0.260 e. The second kappa shape index (κ2) is 3.95. The number of rotatable bonds is 0. The van der Waals surface area contributed by atoms with Crippen molar-refractivity contribution in [3.63, 3.8) is 0 Å². The first-order chi connectivity index (χ1) is 8.68. The molecule has 90 valence electrons. The Morgan fingerprint density at radius 3 is 2.67 bits per heavy atom. The number of hydrogen-bond donors (Lipinski definition) is 0. The first-order valence-electron chi connectivity index (χ1n) is 6.01. The number of nitrogens with zero attached hydrogens (tertiary/aromatic N) is 2. The van der Waals surface area contributed by atoms with Gasteiger partial charge in [0.2, 0.25) is 5.69 Å². The van der Waals surface area contributed by atoms with Gasteiger partial charge < -0.3 is 4.90 Å². The van der Waals surface area contributed by atoms with Gasteiger partial charge in [0.25, 0.3) is 5.91 Å². The van der Waals surface area contributed by atoms with Gasteiger partial charge in [-0.1, -0.05) is 18.2 Å². The molecule has 3 rings (SSSR count). The Balaban J connectivity index is 2.38. The van der Waals surface area contributed by atoms with Crippen LogP contribution in [0.15, 0.2) is 42.6 Å². The van der Waals surface area contributed by atoms with Crippen LogP contribution in [-0.2, 0) is 13.6 Å². The molecule has 1 aliphatic rings. The summed E-state index contributed by atoms with van der Waals surface area (Å²) in [5, 5.41) is 0. The van der Waals surface area contributed by atoms with Crippen LogP contribution in [0.5, 0.6) is 0 Å². The lowest BCUT2D eigenvalue weighted by Gasteiger charge is -2.13.